The van der Waals surface area contributed by atoms with Crippen molar-refractivity contribution in [3.8, 4) is 0 Å². The molecule has 0 aliphatic rings. The summed E-state index contributed by atoms with van der Waals surface area (Å²) in [6, 6.07) is 12.4. The minimum absolute atomic E-state index is 0.287. The molecule has 2 N–H and O–H groups in total. The van der Waals surface area contributed by atoms with Crippen LogP contribution >= 0.6 is 11.6 Å². The van der Waals surface area contributed by atoms with Crippen molar-refractivity contribution in [2.75, 3.05) is 0 Å². The minimum atomic E-state index is -0.287. The molecule has 0 aliphatic heterocycles. The summed E-state index contributed by atoms with van der Waals surface area (Å²) in [5.41, 5.74) is 5.42. The van der Waals surface area contributed by atoms with Crippen LogP contribution in [0.5, 0.6) is 0 Å². The third kappa shape index (κ3) is 3.09. The third-order valence-corrected chi connectivity index (χ3v) is 3.15. The first-order valence-corrected chi connectivity index (χ1v) is 6.62. The van der Waals surface area contributed by atoms with Crippen LogP contribution in [0.25, 0.3) is 11.0 Å². The summed E-state index contributed by atoms with van der Waals surface area (Å²) in [5, 5.41) is 4.54. The Bertz CT molecular complexity index is 825. The number of halogens is 1. The number of hydrogen-bond acceptors (Lipinski definition) is 3. The van der Waals surface area contributed by atoms with Crippen molar-refractivity contribution in [3.05, 3.63) is 64.9 Å². The van der Waals surface area contributed by atoms with Gasteiger partial charge in [-0.25, -0.2) is 10.4 Å². The molecule has 0 bridgehead atoms. The summed E-state index contributed by atoms with van der Waals surface area (Å²) in [7, 11) is 0. The Morgan fingerprint density at radius 2 is 2.19 bits per heavy atom. The van der Waals surface area contributed by atoms with Gasteiger partial charge in [-0.1, -0.05) is 23.7 Å². The molecule has 5 nitrogen and oxygen atoms in total. The number of amides is 1. The molecular weight excluding hydrogens is 288 g/mol. The van der Waals surface area contributed by atoms with Crippen molar-refractivity contribution in [1.29, 1.82) is 0 Å². The van der Waals surface area contributed by atoms with Crippen LogP contribution in [0, 0.1) is 0 Å². The van der Waals surface area contributed by atoms with Gasteiger partial charge < -0.3 is 4.98 Å². The van der Waals surface area contributed by atoms with E-state index in [2.05, 4.69) is 20.5 Å². The first kappa shape index (κ1) is 13.3. The fourth-order valence-electron chi connectivity index (χ4n) is 1.89. The van der Waals surface area contributed by atoms with Gasteiger partial charge in [0.15, 0.2) is 0 Å². The predicted molar refractivity (Wildman–Crippen MR) is 82.6 cm³/mol. The zero-order chi connectivity index (χ0) is 14.7. The standard InChI is InChI=1S/C15H11ClN4O/c16-12-3-1-2-10(6-12)8-19-20-15(21)11-4-5-13-14(7-11)18-9-17-13/h1-9H,(H,17,18)(H,20,21)/b19-8+. The summed E-state index contributed by atoms with van der Waals surface area (Å²) >= 11 is 5.87. The highest BCUT2D eigenvalue weighted by molar-refractivity contribution is 6.30. The first-order valence-electron chi connectivity index (χ1n) is 6.24. The SMILES string of the molecule is O=C(N/N=C/c1cccc(Cl)c1)c1ccc2nc[nH]c2c1. The van der Waals surface area contributed by atoms with Gasteiger partial charge in [0.2, 0.25) is 0 Å². The molecule has 0 radical (unpaired) electrons. The Morgan fingerprint density at radius 3 is 3.05 bits per heavy atom. The highest BCUT2D eigenvalue weighted by atomic mass is 35.5. The molecule has 1 aromatic heterocycles. The second-order valence-corrected chi connectivity index (χ2v) is 4.83. The van der Waals surface area contributed by atoms with Gasteiger partial charge in [-0.15, -0.1) is 0 Å². The van der Waals surface area contributed by atoms with Gasteiger partial charge >= 0.3 is 0 Å². The molecule has 3 rings (SSSR count). The predicted octanol–water partition coefficient (Wildman–Crippen LogP) is 2.98. The maximum Gasteiger partial charge on any atom is 0.271 e. The number of fused-ring (bicyclic) bond motifs is 1. The van der Waals surface area contributed by atoms with Gasteiger partial charge in [-0.05, 0) is 35.9 Å². The van der Waals surface area contributed by atoms with Crippen LogP contribution < -0.4 is 5.43 Å². The number of nitrogens with one attached hydrogen (secondary N) is 2. The number of nitrogens with zero attached hydrogens (tertiary/aromatic N) is 2. The van der Waals surface area contributed by atoms with E-state index in [1.54, 1.807) is 42.9 Å². The van der Waals surface area contributed by atoms with Crippen LogP contribution in [0.15, 0.2) is 53.9 Å². The average Bonchev–Trinajstić information content (AvgIpc) is 2.94. The van der Waals surface area contributed by atoms with Gasteiger partial charge in [0.25, 0.3) is 5.91 Å². The van der Waals surface area contributed by atoms with Crippen molar-refractivity contribution in [3.63, 3.8) is 0 Å². The Morgan fingerprint density at radius 1 is 1.29 bits per heavy atom. The van der Waals surface area contributed by atoms with Gasteiger partial charge in [-0.2, -0.15) is 5.10 Å². The molecule has 21 heavy (non-hydrogen) atoms. The number of hydrazone groups is 1. The lowest BCUT2D eigenvalue weighted by Gasteiger charge is -2.00. The molecule has 1 heterocycles. The normalized spacial score (nSPS) is 11.1. The van der Waals surface area contributed by atoms with Crippen molar-refractivity contribution < 1.29 is 4.79 Å². The molecule has 6 heteroatoms. The minimum Gasteiger partial charge on any atom is -0.345 e. The van der Waals surface area contributed by atoms with E-state index < -0.39 is 0 Å². The number of imidazole rings is 1. The lowest BCUT2D eigenvalue weighted by molar-refractivity contribution is 0.0955. The molecule has 2 aromatic carbocycles. The van der Waals surface area contributed by atoms with Crippen LogP contribution in [0.4, 0.5) is 0 Å². The van der Waals surface area contributed by atoms with E-state index in [1.807, 2.05) is 12.1 Å². The van der Waals surface area contributed by atoms with Crippen LogP contribution in [0.3, 0.4) is 0 Å². The number of H-pyrrole nitrogens is 1. The van der Waals surface area contributed by atoms with Gasteiger partial charge in [0, 0.05) is 10.6 Å². The van der Waals surface area contributed by atoms with Gasteiger partial charge in [0.05, 0.1) is 23.6 Å². The van der Waals surface area contributed by atoms with E-state index in [4.69, 9.17) is 11.6 Å². The zero-order valence-corrected chi connectivity index (χ0v) is 11.6. The Balaban J connectivity index is 1.71. The fraction of sp³-hybridized carbons (Fsp3) is 0. The van der Waals surface area contributed by atoms with Crippen LogP contribution in [0.1, 0.15) is 15.9 Å². The molecular formula is C15H11ClN4O. The molecule has 1 amide bonds. The number of rotatable bonds is 3. The topological polar surface area (TPSA) is 70.1 Å². The van der Waals surface area contributed by atoms with E-state index >= 15 is 0 Å². The Labute approximate surface area is 125 Å². The monoisotopic (exact) mass is 298 g/mol. The van der Waals surface area contributed by atoms with Crippen LogP contribution in [-0.2, 0) is 0 Å². The number of aromatic amines is 1. The van der Waals surface area contributed by atoms with Crippen molar-refractivity contribution in [2.45, 2.75) is 0 Å². The molecule has 0 spiro atoms. The van der Waals surface area contributed by atoms with Crippen molar-refractivity contribution >= 4 is 34.8 Å². The zero-order valence-electron chi connectivity index (χ0n) is 10.9. The Kier molecular flexibility index (Phi) is 3.66. The number of benzene rings is 2. The summed E-state index contributed by atoms with van der Waals surface area (Å²) in [6.45, 7) is 0. The van der Waals surface area contributed by atoms with E-state index in [0.717, 1.165) is 16.6 Å². The first-order chi connectivity index (χ1) is 10.2. The Hall–Kier alpha value is -2.66. The van der Waals surface area contributed by atoms with Crippen molar-refractivity contribution in [2.24, 2.45) is 5.10 Å². The molecule has 0 unspecified atom stereocenters. The molecule has 0 saturated carbocycles. The molecule has 0 saturated heterocycles. The quantitative estimate of drug-likeness (QED) is 0.576. The molecule has 104 valence electrons. The molecule has 3 aromatic rings. The van der Waals surface area contributed by atoms with E-state index in [1.165, 1.54) is 0 Å². The average molecular weight is 299 g/mol. The number of aromatic nitrogens is 2. The maximum absolute atomic E-state index is 12.0. The van der Waals surface area contributed by atoms with Gasteiger partial charge in [0.1, 0.15) is 0 Å². The van der Waals surface area contributed by atoms with Crippen LogP contribution in [0.2, 0.25) is 5.02 Å². The summed E-state index contributed by atoms with van der Waals surface area (Å²) in [5.74, 6) is -0.287. The lowest BCUT2D eigenvalue weighted by atomic mass is 10.2. The lowest BCUT2D eigenvalue weighted by Crippen LogP contribution is -2.17. The highest BCUT2D eigenvalue weighted by Crippen LogP contribution is 2.11. The largest absolute Gasteiger partial charge is 0.345 e. The van der Waals surface area contributed by atoms with E-state index in [9.17, 15) is 4.79 Å². The third-order valence-electron chi connectivity index (χ3n) is 2.91. The fourth-order valence-corrected chi connectivity index (χ4v) is 2.09. The highest BCUT2D eigenvalue weighted by Gasteiger charge is 2.06. The summed E-state index contributed by atoms with van der Waals surface area (Å²) in [4.78, 5) is 19.0. The number of hydrogen-bond donors (Lipinski definition) is 2. The second-order valence-electron chi connectivity index (χ2n) is 4.39. The van der Waals surface area contributed by atoms with E-state index in [-0.39, 0.29) is 5.91 Å². The maximum atomic E-state index is 12.0. The smallest absolute Gasteiger partial charge is 0.271 e. The number of carbonyl (C=O) groups excluding carboxylic acids is 1. The summed E-state index contributed by atoms with van der Waals surface area (Å²) in [6.07, 6.45) is 3.13. The second kappa shape index (κ2) is 5.76. The molecule has 0 atom stereocenters. The molecule has 0 fully saturated rings. The van der Waals surface area contributed by atoms with Gasteiger partial charge in [-0.3, -0.25) is 4.79 Å². The van der Waals surface area contributed by atoms with E-state index in [0.29, 0.717) is 10.6 Å². The summed E-state index contributed by atoms with van der Waals surface area (Å²) < 4.78 is 0. The number of carbonyl (C=O) groups is 1. The van der Waals surface area contributed by atoms with Crippen LogP contribution in [-0.4, -0.2) is 22.1 Å². The molecule has 0 aliphatic carbocycles. The van der Waals surface area contributed by atoms with Crippen molar-refractivity contribution in [1.82, 2.24) is 15.4 Å².